The molecule has 1 aromatic carbocycles. The number of hydrogen-bond donors (Lipinski definition) is 0. The van der Waals surface area contributed by atoms with E-state index in [-0.39, 0.29) is 5.78 Å². The van der Waals surface area contributed by atoms with Crippen molar-refractivity contribution in [3.8, 4) is 10.6 Å². The van der Waals surface area contributed by atoms with Gasteiger partial charge in [0, 0.05) is 35.7 Å². The lowest BCUT2D eigenvalue weighted by Crippen LogP contribution is -2.03. The lowest BCUT2D eigenvalue weighted by atomic mass is 10.0. The van der Waals surface area contributed by atoms with Gasteiger partial charge in [-0.25, -0.2) is 9.97 Å². The Labute approximate surface area is 178 Å². The van der Waals surface area contributed by atoms with Crippen molar-refractivity contribution >= 4 is 28.5 Å². The molecule has 0 fully saturated rings. The number of thiazole rings is 2. The Hall–Kier alpha value is -2.70. The summed E-state index contributed by atoms with van der Waals surface area (Å²) >= 11 is 3.31. The highest BCUT2D eigenvalue weighted by Crippen LogP contribution is 2.31. The first-order valence-electron chi connectivity index (χ1n) is 9.49. The quantitative estimate of drug-likeness (QED) is 0.361. The van der Waals surface area contributed by atoms with Crippen molar-refractivity contribution in [2.75, 3.05) is 0 Å². The minimum absolute atomic E-state index is 0.125. The normalized spacial score (nSPS) is 11.0. The summed E-state index contributed by atoms with van der Waals surface area (Å²) in [7, 11) is 0. The van der Waals surface area contributed by atoms with E-state index in [0.717, 1.165) is 38.4 Å². The first-order chi connectivity index (χ1) is 14.1. The molecular formula is C23H21N3OS2. The summed E-state index contributed by atoms with van der Waals surface area (Å²) < 4.78 is 0. The standard InChI is InChI=1S/C23H21N3OS2/c1-15-23(29-16(2)25-15)20-14-28-22(26-20)12-19-10-9-18(13-24-19)21(27)11-8-17-6-4-3-5-7-17/h3-7,9-10,13-14H,8,11-12H2,1-2H3. The minimum Gasteiger partial charge on any atom is -0.294 e. The lowest BCUT2D eigenvalue weighted by Gasteiger charge is -2.03. The molecule has 0 N–H and O–H groups in total. The van der Waals surface area contributed by atoms with Gasteiger partial charge in [0.25, 0.3) is 0 Å². The fourth-order valence-corrected chi connectivity index (χ4v) is 4.92. The number of benzene rings is 1. The second-order valence-electron chi connectivity index (χ2n) is 6.90. The Kier molecular flexibility index (Phi) is 5.92. The van der Waals surface area contributed by atoms with E-state index in [4.69, 9.17) is 4.98 Å². The van der Waals surface area contributed by atoms with Gasteiger partial charge >= 0.3 is 0 Å². The van der Waals surface area contributed by atoms with Gasteiger partial charge in [-0.3, -0.25) is 9.78 Å². The summed E-state index contributed by atoms with van der Waals surface area (Å²) in [6.07, 6.45) is 3.60. The Morgan fingerprint density at radius 2 is 1.86 bits per heavy atom. The number of carbonyl (C=O) groups is 1. The zero-order chi connectivity index (χ0) is 20.2. The molecule has 0 aliphatic heterocycles. The van der Waals surface area contributed by atoms with E-state index in [2.05, 4.69) is 15.3 Å². The molecule has 0 atom stereocenters. The maximum atomic E-state index is 12.4. The fraction of sp³-hybridized carbons (Fsp3) is 0.217. The van der Waals surface area contributed by atoms with Crippen LogP contribution < -0.4 is 0 Å². The maximum absolute atomic E-state index is 12.4. The Morgan fingerprint density at radius 1 is 1.03 bits per heavy atom. The van der Waals surface area contributed by atoms with Gasteiger partial charge in [0.2, 0.25) is 0 Å². The number of hydrogen-bond acceptors (Lipinski definition) is 6. The van der Waals surface area contributed by atoms with Gasteiger partial charge in [-0.15, -0.1) is 22.7 Å². The highest BCUT2D eigenvalue weighted by molar-refractivity contribution is 7.15. The second-order valence-corrected chi connectivity index (χ2v) is 9.04. The van der Waals surface area contributed by atoms with Crippen LogP contribution >= 0.6 is 22.7 Å². The Bertz CT molecular complexity index is 1110. The third kappa shape index (κ3) is 4.83. The van der Waals surface area contributed by atoms with E-state index in [1.807, 2.05) is 56.3 Å². The van der Waals surface area contributed by atoms with Crippen molar-refractivity contribution < 1.29 is 4.79 Å². The molecule has 3 heterocycles. The number of ketones is 1. The van der Waals surface area contributed by atoms with Gasteiger partial charge in [-0.05, 0) is 38.0 Å². The van der Waals surface area contributed by atoms with E-state index in [0.29, 0.717) is 18.4 Å². The fourth-order valence-electron chi connectivity index (χ4n) is 3.16. The summed E-state index contributed by atoms with van der Waals surface area (Å²) in [6, 6.07) is 13.9. The van der Waals surface area contributed by atoms with Crippen molar-refractivity contribution in [2.24, 2.45) is 0 Å². The van der Waals surface area contributed by atoms with Crippen LogP contribution in [0.2, 0.25) is 0 Å². The molecule has 0 saturated carbocycles. The van der Waals surface area contributed by atoms with Gasteiger partial charge in [-0.1, -0.05) is 30.3 Å². The van der Waals surface area contributed by atoms with E-state index in [1.165, 1.54) is 5.56 Å². The van der Waals surface area contributed by atoms with Crippen LogP contribution in [0.4, 0.5) is 0 Å². The van der Waals surface area contributed by atoms with Crippen LogP contribution in [0.1, 0.15) is 43.7 Å². The van der Waals surface area contributed by atoms with Crippen LogP contribution in [-0.2, 0) is 12.8 Å². The first kappa shape index (κ1) is 19.6. The lowest BCUT2D eigenvalue weighted by molar-refractivity contribution is 0.0982. The van der Waals surface area contributed by atoms with Gasteiger partial charge in [0.05, 0.1) is 26.3 Å². The summed E-state index contributed by atoms with van der Waals surface area (Å²) in [5.41, 5.74) is 4.78. The van der Waals surface area contributed by atoms with Crippen molar-refractivity contribution in [1.29, 1.82) is 0 Å². The molecule has 0 radical (unpaired) electrons. The molecule has 0 unspecified atom stereocenters. The van der Waals surface area contributed by atoms with Gasteiger partial charge in [0.1, 0.15) is 0 Å². The molecule has 0 aliphatic carbocycles. The zero-order valence-electron chi connectivity index (χ0n) is 16.4. The predicted molar refractivity (Wildman–Crippen MR) is 119 cm³/mol. The molecule has 0 saturated heterocycles. The van der Waals surface area contributed by atoms with E-state index in [1.54, 1.807) is 28.9 Å². The van der Waals surface area contributed by atoms with E-state index < -0.39 is 0 Å². The summed E-state index contributed by atoms with van der Waals surface area (Å²) in [4.78, 5) is 27.3. The van der Waals surface area contributed by atoms with Crippen LogP contribution in [0.5, 0.6) is 0 Å². The SMILES string of the molecule is Cc1nc(C)c(-c2csc(Cc3ccc(C(=O)CCc4ccccc4)cn3)n2)s1. The molecule has 0 aliphatic rings. The van der Waals surface area contributed by atoms with Gasteiger partial charge in [0.15, 0.2) is 5.78 Å². The number of aryl methyl sites for hydroxylation is 3. The molecule has 3 aromatic heterocycles. The van der Waals surface area contributed by atoms with Crippen LogP contribution in [0.3, 0.4) is 0 Å². The number of nitrogens with zero attached hydrogens (tertiary/aromatic N) is 3. The molecule has 4 nitrogen and oxygen atoms in total. The molecule has 0 amide bonds. The number of aromatic nitrogens is 3. The molecule has 0 spiro atoms. The smallest absolute Gasteiger partial charge is 0.164 e. The Morgan fingerprint density at radius 3 is 2.55 bits per heavy atom. The monoisotopic (exact) mass is 419 g/mol. The molecular weight excluding hydrogens is 398 g/mol. The summed E-state index contributed by atoms with van der Waals surface area (Å²) in [5, 5.41) is 4.15. The first-order valence-corrected chi connectivity index (χ1v) is 11.2. The van der Waals surface area contributed by atoms with Crippen molar-refractivity contribution in [2.45, 2.75) is 33.1 Å². The zero-order valence-corrected chi connectivity index (χ0v) is 18.0. The van der Waals surface area contributed by atoms with Gasteiger partial charge < -0.3 is 0 Å². The summed E-state index contributed by atoms with van der Waals surface area (Å²) in [5.74, 6) is 0.125. The van der Waals surface area contributed by atoms with E-state index in [9.17, 15) is 4.79 Å². The number of pyridine rings is 1. The third-order valence-corrected chi connectivity index (χ3v) is 6.59. The molecule has 6 heteroatoms. The predicted octanol–water partition coefficient (Wildman–Crippen LogP) is 5.68. The van der Waals surface area contributed by atoms with Crippen molar-refractivity contribution in [3.63, 3.8) is 0 Å². The highest BCUT2D eigenvalue weighted by atomic mass is 32.1. The molecule has 0 bridgehead atoms. The second kappa shape index (κ2) is 8.76. The third-order valence-electron chi connectivity index (χ3n) is 4.65. The average molecular weight is 420 g/mol. The number of carbonyl (C=O) groups excluding carboxylic acids is 1. The van der Waals surface area contributed by atoms with Crippen LogP contribution in [0.25, 0.3) is 10.6 Å². The number of Topliss-reactive ketones (excluding diaryl/α,β-unsaturated/α-hetero) is 1. The topological polar surface area (TPSA) is 55.7 Å². The molecule has 4 rings (SSSR count). The molecule has 29 heavy (non-hydrogen) atoms. The molecule has 4 aromatic rings. The molecule has 146 valence electrons. The average Bonchev–Trinajstić information content (AvgIpc) is 3.33. The van der Waals surface area contributed by atoms with Crippen molar-refractivity contribution in [1.82, 2.24) is 15.0 Å². The maximum Gasteiger partial charge on any atom is 0.164 e. The highest BCUT2D eigenvalue weighted by Gasteiger charge is 2.13. The Balaban J connectivity index is 1.38. The van der Waals surface area contributed by atoms with Gasteiger partial charge in [-0.2, -0.15) is 0 Å². The van der Waals surface area contributed by atoms with Crippen LogP contribution in [0.15, 0.2) is 54.0 Å². The number of rotatable bonds is 7. The van der Waals surface area contributed by atoms with Crippen molar-refractivity contribution in [3.05, 3.63) is 86.6 Å². The minimum atomic E-state index is 0.125. The largest absolute Gasteiger partial charge is 0.294 e. The van der Waals surface area contributed by atoms with E-state index >= 15 is 0 Å². The van der Waals surface area contributed by atoms with Crippen LogP contribution in [-0.4, -0.2) is 20.7 Å². The summed E-state index contributed by atoms with van der Waals surface area (Å²) in [6.45, 7) is 4.04. The van der Waals surface area contributed by atoms with Crippen LogP contribution in [0, 0.1) is 13.8 Å².